The summed E-state index contributed by atoms with van der Waals surface area (Å²) in [6.45, 7) is 6.08. The predicted octanol–water partition coefficient (Wildman–Crippen LogP) is 1.16. The highest BCUT2D eigenvalue weighted by Crippen LogP contribution is 2.12. The highest BCUT2D eigenvalue weighted by molar-refractivity contribution is 5.91. The smallest absolute Gasteiger partial charge is 0.355 e. The third kappa shape index (κ3) is 4.65. The molecule has 0 unspecified atom stereocenters. The number of ether oxygens (including phenoxy) is 1. The normalized spacial score (nSPS) is 10.5. The highest BCUT2D eigenvalue weighted by atomic mass is 16.5. The van der Waals surface area contributed by atoms with E-state index in [-0.39, 0.29) is 18.6 Å². The maximum atomic E-state index is 11.9. The number of esters is 1. The Hall–Kier alpha value is -1.98. The molecule has 0 atom stereocenters. The van der Waals surface area contributed by atoms with Gasteiger partial charge in [0, 0.05) is 18.8 Å². The van der Waals surface area contributed by atoms with Gasteiger partial charge in [0.05, 0.1) is 5.69 Å². The van der Waals surface area contributed by atoms with Crippen LogP contribution in [0.4, 0.5) is 5.69 Å². The van der Waals surface area contributed by atoms with E-state index in [9.17, 15) is 9.59 Å². The van der Waals surface area contributed by atoms with Crippen LogP contribution in [-0.4, -0.2) is 29.1 Å². The molecule has 0 fully saturated rings. The first kappa shape index (κ1) is 15.1. The van der Waals surface area contributed by atoms with Crippen molar-refractivity contribution >= 4 is 17.6 Å². The number of rotatable bonds is 6. The Morgan fingerprint density at radius 3 is 2.74 bits per heavy atom. The lowest BCUT2D eigenvalue weighted by molar-refractivity contribution is -0.124. The van der Waals surface area contributed by atoms with E-state index in [0.717, 1.165) is 6.42 Å². The number of carbonyl (C=O) groups excluding carboxylic acids is 2. The topological polar surface area (TPSA) is 86.3 Å². The second-order valence-corrected chi connectivity index (χ2v) is 4.65. The number of aromatic nitrogens is 1. The van der Waals surface area contributed by atoms with Crippen molar-refractivity contribution in [2.75, 3.05) is 12.3 Å². The molecule has 6 heteroatoms. The average Bonchev–Trinajstić information content (AvgIpc) is 2.67. The van der Waals surface area contributed by atoms with Gasteiger partial charge in [-0.2, -0.15) is 0 Å². The van der Waals surface area contributed by atoms with Gasteiger partial charge in [-0.3, -0.25) is 4.79 Å². The van der Waals surface area contributed by atoms with Crippen LogP contribution in [0.2, 0.25) is 0 Å². The van der Waals surface area contributed by atoms with E-state index in [0.29, 0.717) is 17.9 Å². The van der Waals surface area contributed by atoms with Gasteiger partial charge >= 0.3 is 5.97 Å². The second kappa shape index (κ2) is 6.82. The molecule has 0 aliphatic rings. The molecule has 6 nitrogen and oxygen atoms in total. The monoisotopic (exact) mass is 267 g/mol. The van der Waals surface area contributed by atoms with Crippen molar-refractivity contribution < 1.29 is 14.3 Å². The van der Waals surface area contributed by atoms with Crippen LogP contribution in [0.25, 0.3) is 0 Å². The predicted molar refractivity (Wildman–Crippen MR) is 72.7 cm³/mol. The zero-order chi connectivity index (χ0) is 14.4. The molecule has 1 aromatic rings. The largest absolute Gasteiger partial charge is 0.451 e. The number of amides is 1. The van der Waals surface area contributed by atoms with Crippen molar-refractivity contribution in [1.29, 1.82) is 0 Å². The van der Waals surface area contributed by atoms with Crippen LogP contribution in [0, 0.1) is 0 Å². The fraction of sp³-hybridized carbons (Fsp3) is 0.538. The standard InChI is InChI=1S/C13H21N3O3/c1-4-5-16-7-10(14)6-11(16)13(18)19-8-12(17)15-9(2)3/h6-7,9H,4-5,8,14H2,1-3H3,(H,15,17). The lowest BCUT2D eigenvalue weighted by Gasteiger charge is -2.10. The quantitative estimate of drug-likeness (QED) is 0.757. The van der Waals surface area contributed by atoms with Gasteiger partial charge in [-0.15, -0.1) is 0 Å². The maximum absolute atomic E-state index is 11.9. The van der Waals surface area contributed by atoms with Crippen LogP contribution in [0.3, 0.4) is 0 Å². The van der Waals surface area contributed by atoms with Crippen molar-refractivity contribution in [2.45, 2.75) is 39.8 Å². The third-order valence-electron chi connectivity index (χ3n) is 2.38. The van der Waals surface area contributed by atoms with Crippen LogP contribution in [0.15, 0.2) is 12.3 Å². The highest BCUT2D eigenvalue weighted by Gasteiger charge is 2.15. The molecule has 0 aliphatic heterocycles. The summed E-state index contributed by atoms with van der Waals surface area (Å²) in [7, 11) is 0. The summed E-state index contributed by atoms with van der Waals surface area (Å²) in [5.74, 6) is -0.853. The minimum atomic E-state index is -0.538. The Kier molecular flexibility index (Phi) is 5.41. The number of carbonyl (C=O) groups is 2. The number of anilines is 1. The van der Waals surface area contributed by atoms with Gasteiger partial charge in [-0.1, -0.05) is 6.92 Å². The SMILES string of the molecule is CCCn1cc(N)cc1C(=O)OCC(=O)NC(C)C. The van der Waals surface area contributed by atoms with Gasteiger partial charge in [0.1, 0.15) is 5.69 Å². The Morgan fingerprint density at radius 2 is 2.16 bits per heavy atom. The first-order valence-electron chi connectivity index (χ1n) is 6.36. The van der Waals surface area contributed by atoms with E-state index in [1.54, 1.807) is 16.8 Å². The fourth-order valence-corrected chi connectivity index (χ4v) is 1.70. The molecule has 0 aromatic carbocycles. The molecule has 0 radical (unpaired) electrons. The molecule has 0 spiro atoms. The molecule has 1 amide bonds. The Balaban J connectivity index is 2.60. The summed E-state index contributed by atoms with van der Waals surface area (Å²) in [6, 6.07) is 1.57. The molecule has 0 saturated carbocycles. The minimum absolute atomic E-state index is 0.0193. The molecular weight excluding hydrogens is 246 g/mol. The number of nitrogen functional groups attached to an aromatic ring is 1. The molecule has 1 heterocycles. The summed E-state index contributed by atoms with van der Waals surface area (Å²) < 4.78 is 6.70. The summed E-state index contributed by atoms with van der Waals surface area (Å²) >= 11 is 0. The Labute approximate surface area is 112 Å². The Bertz CT molecular complexity index is 452. The van der Waals surface area contributed by atoms with Crippen LogP contribution < -0.4 is 11.1 Å². The van der Waals surface area contributed by atoms with Crippen molar-refractivity contribution in [3.63, 3.8) is 0 Å². The number of aryl methyl sites for hydroxylation is 1. The molecule has 0 saturated heterocycles. The molecule has 106 valence electrons. The average molecular weight is 267 g/mol. The lowest BCUT2D eigenvalue weighted by Crippen LogP contribution is -2.34. The van der Waals surface area contributed by atoms with E-state index < -0.39 is 5.97 Å². The molecule has 0 aliphatic carbocycles. The first-order valence-corrected chi connectivity index (χ1v) is 6.36. The second-order valence-electron chi connectivity index (χ2n) is 4.65. The summed E-state index contributed by atoms with van der Waals surface area (Å²) in [5.41, 5.74) is 6.54. The number of nitrogens with zero attached hydrogens (tertiary/aromatic N) is 1. The molecule has 3 N–H and O–H groups in total. The van der Waals surface area contributed by atoms with Crippen molar-refractivity contribution in [3.05, 3.63) is 18.0 Å². The van der Waals surface area contributed by atoms with E-state index >= 15 is 0 Å². The van der Waals surface area contributed by atoms with E-state index in [1.807, 2.05) is 20.8 Å². The van der Waals surface area contributed by atoms with Gasteiger partial charge in [0.2, 0.25) is 0 Å². The number of hydrogen-bond donors (Lipinski definition) is 2. The van der Waals surface area contributed by atoms with Crippen molar-refractivity contribution in [3.8, 4) is 0 Å². The van der Waals surface area contributed by atoms with E-state index in [4.69, 9.17) is 10.5 Å². The summed E-state index contributed by atoms with van der Waals surface area (Å²) in [4.78, 5) is 23.3. The van der Waals surface area contributed by atoms with Gasteiger partial charge in [-0.25, -0.2) is 4.79 Å². The third-order valence-corrected chi connectivity index (χ3v) is 2.38. The maximum Gasteiger partial charge on any atom is 0.355 e. The van der Waals surface area contributed by atoms with Crippen LogP contribution in [-0.2, 0) is 16.1 Å². The van der Waals surface area contributed by atoms with E-state index in [2.05, 4.69) is 5.32 Å². The van der Waals surface area contributed by atoms with Crippen molar-refractivity contribution in [1.82, 2.24) is 9.88 Å². The van der Waals surface area contributed by atoms with Gasteiger partial charge in [-0.05, 0) is 26.3 Å². The minimum Gasteiger partial charge on any atom is -0.451 e. The molecule has 1 aromatic heterocycles. The van der Waals surface area contributed by atoms with Crippen LogP contribution in [0.5, 0.6) is 0 Å². The van der Waals surface area contributed by atoms with Gasteiger partial charge < -0.3 is 20.4 Å². The Morgan fingerprint density at radius 1 is 1.47 bits per heavy atom. The molecule has 0 bridgehead atoms. The summed E-state index contributed by atoms with van der Waals surface area (Å²) in [5, 5.41) is 2.65. The zero-order valence-corrected chi connectivity index (χ0v) is 11.6. The van der Waals surface area contributed by atoms with Crippen molar-refractivity contribution in [2.24, 2.45) is 0 Å². The van der Waals surface area contributed by atoms with Crippen LogP contribution in [0.1, 0.15) is 37.7 Å². The zero-order valence-electron chi connectivity index (χ0n) is 11.6. The number of nitrogens with one attached hydrogen (secondary N) is 1. The molecule has 1 rings (SSSR count). The first-order chi connectivity index (χ1) is 8.93. The van der Waals surface area contributed by atoms with E-state index in [1.165, 1.54) is 0 Å². The lowest BCUT2D eigenvalue weighted by atomic mass is 10.4. The number of hydrogen-bond acceptors (Lipinski definition) is 4. The molecular formula is C13H21N3O3. The van der Waals surface area contributed by atoms with Crippen LogP contribution >= 0.6 is 0 Å². The number of nitrogens with two attached hydrogens (primary N) is 1. The summed E-state index contributed by atoms with van der Waals surface area (Å²) in [6.07, 6.45) is 2.57. The van der Waals surface area contributed by atoms with Gasteiger partial charge in [0.15, 0.2) is 6.61 Å². The van der Waals surface area contributed by atoms with Gasteiger partial charge in [0.25, 0.3) is 5.91 Å². The fourth-order valence-electron chi connectivity index (χ4n) is 1.70. The molecule has 19 heavy (non-hydrogen) atoms.